The molecule has 0 radical (unpaired) electrons. The second kappa shape index (κ2) is 9.54. The summed E-state index contributed by atoms with van der Waals surface area (Å²) in [7, 11) is 0. The lowest BCUT2D eigenvalue weighted by Gasteiger charge is -2.52. The van der Waals surface area contributed by atoms with Crippen LogP contribution in [-0.4, -0.2) is 91.4 Å². The van der Waals surface area contributed by atoms with Gasteiger partial charge >= 0.3 is 12.2 Å². The van der Waals surface area contributed by atoms with Crippen LogP contribution in [0.3, 0.4) is 0 Å². The third kappa shape index (κ3) is 4.71. The van der Waals surface area contributed by atoms with Crippen LogP contribution >= 0.6 is 0 Å². The van der Waals surface area contributed by atoms with Crippen molar-refractivity contribution in [3.63, 3.8) is 0 Å². The first-order chi connectivity index (χ1) is 15.0. The average molecular weight is 437 g/mol. The van der Waals surface area contributed by atoms with Crippen molar-refractivity contribution >= 4 is 18.4 Å². The Morgan fingerprint density at radius 3 is 2.65 bits per heavy atom. The number of aliphatic imine (C=N–C) groups is 1. The lowest BCUT2D eigenvalue weighted by Crippen LogP contribution is -2.55. The zero-order valence-corrected chi connectivity index (χ0v) is 18.2. The molecule has 4 rings (SSSR count). The molecule has 0 aromatic carbocycles. The summed E-state index contributed by atoms with van der Waals surface area (Å²) >= 11 is 0. The topological polar surface area (TPSA) is 74.7 Å². The van der Waals surface area contributed by atoms with Gasteiger partial charge in [0.2, 0.25) is 0 Å². The molecule has 1 spiro atoms. The number of likely N-dealkylation sites (tertiary alicyclic amines) is 2. The Morgan fingerprint density at radius 2 is 1.94 bits per heavy atom. The van der Waals surface area contributed by atoms with Crippen molar-refractivity contribution in [3.05, 3.63) is 12.3 Å². The predicted molar refractivity (Wildman–Crippen MR) is 114 cm³/mol. The number of nitrogens with zero attached hydrogens (tertiary/aromatic N) is 4. The molecule has 1 aliphatic carbocycles. The monoisotopic (exact) mass is 436 g/mol. The van der Waals surface area contributed by atoms with Gasteiger partial charge in [-0.3, -0.25) is 9.89 Å². The van der Waals surface area contributed by atoms with E-state index in [1.165, 1.54) is 4.90 Å². The van der Waals surface area contributed by atoms with Crippen LogP contribution < -0.4 is 0 Å². The third-order valence-corrected chi connectivity index (χ3v) is 7.18. The van der Waals surface area contributed by atoms with E-state index in [0.29, 0.717) is 12.6 Å². The van der Waals surface area contributed by atoms with E-state index in [-0.39, 0.29) is 30.2 Å². The summed E-state index contributed by atoms with van der Waals surface area (Å²) in [5.41, 5.74) is 0.268. The maximum absolute atomic E-state index is 12.4. The van der Waals surface area contributed by atoms with Crippen molar-refractivity contribution in [2.75, 3.05) is 46.1 Å². The van der Waals surface area contributed by atoms with Gasteiger partial charge in [0.15, 0.2) is 0 Å². The van der Waals surface area contributed by atoms with Gasteiger partial charge in [-0.1, -0.05) is 0 Å². The quantitative estimate of drug-likeness (QED) is 0.662. The van der Waals surface area contributed by atoms with Crippen molar-refractivity contribution in [2.24, 2.45) is 16.3 Å². The molecule has 4 aliphatic rings. The van der Waals surface area contributed by atoms with E-state index in [2.05, 4.69) is 9.89 Å². The highest BCUT2D eigenvalue weighted by Crippen LogP contribution is 2.50. The molecule has 0 N–H and O–H groups in total. The summed E-state index contributed by atoms with van der Waals surface area (Å²) in [6.45, 7) is 4.93. The SMILES string of the molecule is CCOC(=O)N1CCC2(CC(N3CCC([C@H]4N=CC=CN4C(=O)OCCF)CC3)C2)C1. The molecule has 31 heavy (non-hydrogen) atoms. The molecule has 0 bridgehead atoms. The molecule has 9 heteroatoms. The maximum Gasteiger partial charge on any atom is 0.415 e. The van der Waals surface area contributed by atoms with E-state index in [9.17, 15) is 14.0 Å². The standard InChI is InChI=1S/C22H33FN4O4/c1-2-30-20(28)26-12-6-22(16-26)14-18(15-22)25-10-4-17(5-11-25)19-24-8-3-9-27(19)21(29)31-13-7-23/h3,8-9,17-19H,2,4-7,10-16H2,1H3/t18?,19-,22?/m0/s1. The Kier molecular flexibility index (Phi) is 6.79. The minimum atomic E-state index is -0.684. The summed E-state index contributed by atoms with van der Waals surface area (Å²) in [6, 6.07) is 0.573. The van der Waals surface area contributed by atoms with Gasteiger partial charge in [0.25, 0.3) is 0 Å². The zero-order chi connectivity index (χ0) is 21.8. The number of rotatable bonds is 5. The van der Waals surface area contributed by atoms with E-state index < -0.39 is 12.8 Å². The van der Waals surface area contributed by atoms with E-state index in [4.69, 9.17) is 9.47 Å². The number of piperidine rings is 1. The Morgan fingerprint density at radius 1 is 1.16 bits per heavy atom. The Labute approximate surface area is 183 Å². The first-order valence-electron chi connectivity index (χ1n) is 11.4. The lowest BCUT2D eigenvalue weighted by atomic mass is 9.64. The highest BCUT2D eigenvalue weighted by atomic mass is 19.1. The van der Waals surface area contributed by atoms with Crippen LogP contribution in [0, 0.1) is 11.3 Å². The molecule has 3 fully saturated rings. The predicted octanol–water partition coefficient (Wildman–Crippen LogP) is 3.04. The molecular formula is C22H33FN4O4. The zero-order valence-electron chi connectivity index (χ0n) is 18.2. The van der Waals surface area contributed by atoms with Crippen LogP contribution in [0.5, 0.6) is 0 Å². The molecule has 2 amide bonds. The number of hydrogen-bond donors (Lipinski definition) is 0. The van der Waals surface area contributed by atoms with Crippen molar-refractivity contribution in [1.82, 2.24) is 14.7 Å². The van der Waals surface area contributed by atoms with E-state index in [0.717, 1.165) is 58.3 Å². The first-order valence-corrected chi connectivity index (χ1v) is 11.4. The lowest BCUT2D eigenvalue weighted by molar-refractivity contribution is -0.0156. The summed E-state index contributed by atoms with van der Waals surface area (Å²) in [5.74, 6) is 0.259. The number of carbonyl (C=O) groups is 2. The molecule has 0 unspecified atom stereocenters. The largest absolute Gasteiger partial charge is 0.450 e. The average Bonchev–Trinajstić information content (AvgIpc) is 3.23. The number of ether oxygens (including phenoxy) is 2. The number of carbonyl (C=O) groups excluding carboxylic acids is 2. The Balaban J connectivity index is 1.24. The smallest absolute Gasteiger partial charge is 0.415 e. The molecular weight excluding hydrogens is 403 g/mol. The highest BCUT2D eigenvalue weighted by molar-refractivity contribution is 5.77. The summed E-state index contributed by atoms with van der Waals surface area (Å²) in [6.07, 6.45) is 9.37. The van der Waals surface area contributed by atoms with Crippen LogP contribution in [0.15, 0.2) is 17.3 Å². The highest BCUT2D eigenvalue weighted by Gasteiger charge is 2.51. The Bertz CT molecular complexity index is 716. The summed E-state index contributed by atoms with van der Waals surface area (Å²) < 4.78 is 22.5. The summed E-state index contributed by atoms with van der Waals surface area (Å²) in [4.78, 5) is 34.7. The van der Waals surface area contributed by atoms with Crippen LogP contribution in [-0.2, 0) is 9.47 Å². The van der Waals surface area contributed by atoms with Gasteiger partial charge in [0.1, 0.15) is 19.4 Å². The van der Waals surface area contributed by atoms with Crippen LogP contribution in [0.2, 0.25) is 0 Å². The van der Waals surface area contributed by atoms with E-state index >= 15 is 0 Å². The minimum absolute atomic E-state index is 0.180. The molecule has 172 valence electrons. The van der Waals surface area contributed by atoms with Gasteiger partial charge in [-0.2, -0.15) is 0 Å². The van der Waals surface area contributed by atoms with Gasteiger partial charge in [0, 0.05) is 37.5 Å². The molecule has 8 nitrogen and oxygen atoms in total. The fourth-order valence-corrected chi connectivity index (χ4v) is 5.57. The van der Waals surface area contributed by atoms with Crippen molar-refractivity contribution in [1.29, 1.82) is 0 Å². The molecule has 3 aliphatic heterocycles. The molecule has 3 heterocycles. The van der Waals surface area contributed by atoms with Gasteiger partial charge in [-0.25, -0.2) is 14.0 Å². The first kappa shape index (κ1) is 22.0. The molecule has 2 saturated heterocycles. The Hall–Kier alpha value is -2.16. The number of halogens is 1. The van der Waals surface area contributed by atoms with E-state index in [1.807, 2.05) is 11.8 Å². The fraction of sp³-hybridized carbons (Fsp3) is 0.773. The number of alkyl halides is 1. The second-order valence-electron chi connectivity index (χ2n) is 9.07. The van der Waals surface area contributed by atoms with E-state index in [1.54, 1.807) is 18.5 Å². The molecule has 1 atom stereocenters. The molecule has 1 saturated carbocycles. The second-order valence-corrected chi connectivity index (χ2v) is 9.07. The van der Waals surface area contributed by atoms with Crippen LogP contribution in [0.1, 0.15) is 39.0 Å². The molecule has 0 aromatic rings. The normalized spacial score (nSPS) is 31.2. The fourth-order valence-electron chi connectivity index (χ4n) is 5.57. The minimum Gasteiger partial charge on any atom is -0.450 e. The number of hydrogen-bond acceptors (Lipinski definition) is 6. The van der Waals surface area contributed by atoms with Gasteiger partial charge in [0.05, 0.1) is 6.61 Å². The maximum atomic E-state index is 12.4. The van der Waals surface area contributed by atoms with Crippen molar-refractivity contribution < 1.29 is 23.5 Å². The van der Waals surface area contributed by atoms with Gasteiger partial charge < -0.3 is 19.3 Å². The number of amides is 2. The molecule has 0 aromatic heterocycles. The van der Waals surface area contributed by atoms with Crippen molar-refractivity contribution in [2.45, 2.75) is 51.2 Å². The van der Waals surface area contributed by atoms with Gasteiger partial charge in [-0.05, 0) is 63.6 Å². The van der Waals surface area contributed by atoms with Crippen molar-refractivity contribution in [3.8, 4) is 0 Å². The number of allylic oxidation sites excluding steroid dienone is 1. The van der Waals surface area contributed by atoms with Gasteiger partial charge in [-0.15, -0.1) is 0 Å². The van der Waals surface area contributed by atoms with Crippen LogP contribution in [0.25, 0.3) is 0 Å². The summed E-state index contributed by atoms with van der Waals surface area (Å²) in [5, 5.41) is 0. The third-order valence-electron chi connectivity index (χ3n) is 7.18. The van der Waals surface area contributed by atoms with Crippen LogP contribution in [0.4, 0.5) is 14.0 Å².